The molecule has 0 aromatic heterocycles. The molecule has 446 valence electrons. The Bertz CT molecular complexity index is 1570. The summed E-state index contributed by atoms with van der Waals surface area (Å²) >= 11 is 0. The van der Waals surface area contributed by atoms with Crippen molar-refractivity contribution in [2.75, 3.05) is 13.2 Å². The molecule has 0 bridgehead atoms. The van der Waals surface area contributed by atoms with Crippen LogP contribution in [0, 0.1) is 0 Å². The van der Waals surface area contributed by atoms with Crippen LogP contribution < -0.4 is 0 Å². The van der Waals surface area contributed by atoms with Gasteiger partial charge in [0.1, 0.15) is 13.2 Å². The van der Waals surface area contributed by atoms with Crippen molar-refractivity contribution in [3.63, 3.8) is 0 Å². The van der Waals surface area contributed by atoms with E-state index in [9.17, 15) is 14.4 Å². The van der Waals surface area contributed by atoms with Crippen LogP contribution in [0.5, 0.6) is 0 Å². The summed E-state index contributed by atoms with van der Waals surface area (Å²) in [5.74, 6) is -0.896. The molecule has 1 atom stereocenters. The Morgan fingerprint density at radius 2 is 0.500 bits per heavy atom. The van der Waals surface area contributed by atoms with Crippen molar-refractivity contribution in [3.8, 4) is 0 Å². The van der Waals surface area contributed by atoms with Crippen LogP contribution in [0.15, 0.2) is 109 Å². The van der Waals surface area contributed by atoms with Gasteiger partial charge in [0.15, 0.2) is 6.10 Å². The zero-order chi connectivity index (χ0) is 56.4. The molecular weight excluding hydrogens is 961 g/mol. The van der Waals surface area contributed by atoms with Gasteiger partial charge in [-0.25, -0.2) is 0 Å². The molecule has 0 fully saturated rings. The van der Waals surface area contributed by atoms with Gasteiger partial charge >= 0.3 is 17.9 Å². The van der Waals surface area contributed by atoms with E-state index in [-0.39, 0.29) is 31.1 Å². The summed E-state index contributed by atoms with van der Waals surface area (Å²) in [4.78, 5) is 38.3. The van der Waals surface area contributed by atoms with Gasteiger partial charge in [-0.2, -0.15) is 0 Å². The molecule has 0 radical (unpaired) electrons. The fourth-order valence-electron chi connectivity index (χ4n) is 9.10. The van der Waals surface area contributed by atoms with Crippen molar-refractivity contribution in [1.29, 1.82) is 0 Å². The van der Waals surface area contributed by atoms with Gasteiger partial charge in [-0.05, 0) is 109 Å². The normalized spacial score (nSPS) is 12.8. The lowest BCUT2D eigenvalue weighted by Gasteiger charge is -2.18. The van der Waals surface area contributed by atoms with Crippen LogP contribution in [0.1, 0.15) is 310 Å². The van der Waals surface area contributed by atoms with E-state index in [2.05, 4.69) is 130 Å². The predicted molar refractivity (Wildman–Crippen MR) is 339 cm³/mol. The largest absolute Gasteiger partial charge is 0.462 e. The quantitative estimate of drug-likeness (QED) is 0.0261. The second kappa shape index (κ2) is 65.6. The highest BCUT2D eigenvalue weighted by Crippen LogP contribution is 2.16. The Labute approximate surface area is 482 Å². The van der Waals surface area contributed by atoms with Crippen molar-refractivity contribution in [2.45, 2.75) is 316 Å². The molecule has 0 N–H and O–H groups in total. The molecule has 0 aliphatic rings. The first kappa shape index (κ1) is 74.1. The van der Waals surface area contributed by atoms with Gasteiger partial charge in [-0.15, -0.1) is 0 Å². The lowest BCUT2D eigenvalue weighted by Crippen LogP contribution is -2.30. The van der Waals surface area contributed by atoms with Crippen molar-refractivity contribution in [2.24, 2.45) is 0 Å². The predicted octanol–water partition coefficient (Wildman–Crippen LogP) is 22.6. The summed E-state index contributed by atoms with van der Waals surface area (Å²) in [6.45, 7) is 6.51. The van der Waals surface area contributed by atoms with Gasteiger partial charge < -0.3 is 14.2 Å². The average Bonchev–Trinajstić information content (AvgIpc) is 3.44. The molecule has 0 heterocycles. The first-order chi connectivity index (χ1) is 38.5. The second-order valence-electron chi connectivity index (χ2n) is 21.6. The van der Waals surface area contributed by atoms with Crippen LogP contribution >= 0.6 is 0 Å². The van der Waals surface area contributed by atoms with Crippen LogP contribution in [-0.2, 0) is 28.6 Å². The Morgan fingerprint density at radius 1 is 0.269 bits per heavy atom. The lowest BCUT2D eigenvalue weighted by molar-refractivity contribution is -0.167. The van der Waals surface area contributed by atoms with Crippen LogP contribution in [0.2, 0.25) is 0 Å². The minimum absolute atomic E-state index is 0.0832. The molecule has 0 aliphatic heterocycles. The van der Waals surface area contributed by atoms with E-state index in [1.165, 1.54) is 148 Å². The minimum atomic E-state index is -0.787. The van der Waals surface area contributed by atoms with E-state index < -0.39 is 6.10 Å². The van der Waals surface area contributed by atoms with E-state index in [0.29, 0.717) is 19.3 Å². The molecule has 6 heteroatoms. The third kappa shape index (κ3) is 62.9. The zero-order valence-electron chi connectivity index (χ0n) is 51.2. The highest BCUT2D eigenvalue weighted by atomic mass is 16.6. The summed E-state index contributed by atoms with van der Waals surface area (Å²) in [6, 6.07) is 0. The minimum Gasteiger partial charge on any atom is -0.462 e. The van der Waals surface area contributed by atoms with Crippen LogP contribution in [0.4, 0.5) is 0 Å². The Kier molecular flexibility index (Phi) is 62.3. The van der Waals surface area contributed by atoms with Crippen molar-refractivity contribution < 1.29 is 28.6 Å². The maximum Gasteiger partial charge on any atom is 0.306 e. The SMILES string of the molecule is CC/C=C\C/C=C\C/C=C\C/C=C\C/C=C\C/C=C\CCCCCCCCC(=O)OCC(COC(=O)CCCCCCCCCCCC)OC(=O)CCCCCCCCCCCC/C=C\C/C=C\C/C=C\CCCCCCC. The fraction of sp³-hybridized carbons (Fsp3) is 0.708. The van der Waals surface area contributed by atoms with Gasteiger partial charge in [-0.1, -0.05) is 291 Å². The molecule has 0 aromatic carbocycles. The number of hydrogen-bond acceptors (Lipinski definition) is 6. The summed E-state index contributed by atoms with van der Waals surface area (Å²) < 4.78 is 16.9. The molecular formula is C72H122O6. The maximum atomic E-state index is 12.9. The number of hydrogen-bond donors (Lipinski definition) is 0. The summed E-state index contributed by atoms with van der Waals surface area (Å²) in [5, 5.41) is 0. The molecule has 78 heavy (non-hydrogen) atoms. The fourth-order valence-corrected chi connectivity index (χ4v) is 9.10. The average molecular weight is 1080 g/mol. The topological polar surface area (TPSA) is 78.9 Å². The molecule has 0 aliphatic carbocycles. The summed E-state index contributed by atoms with van der Waals surface area (Å²) in [6.07, 6.45) is 89.5. The number of rotatable bonds is 59. The molecule has 0 rings (SSSR count). The number of allylic oxidation sites excluding steroid dienone is 18. The van der Waals surface area contributed by atoms with Gasteiger partial charge in [0.25, 0.3) is 0 Å². The summed E-state index contributed by atoms with van der Waals surface area (Å²) in [5.41, 5.74) is 0. The zero-order valence-corrected chi connectivity index (χ0v) is 51.2. The van der Waals surface area contributed by atoms with E-state index in [1.807, 2.05) is 0 Å². The van der Waals surface area contributed by atoms with Crippen molar-refractivity contribution in [3.05, 3.63) is 109 Å². The number of carbonyl (C=O) groups excluding carboxylic acids is 3. The third-order valence-electron chi connectivity index (χ3n) is 14.0. The first-order valence-corrected chi connectivity index (χ1v) is 32.9. The van der Waals surface area contributed by atoms with Gasteiger partial charge in [0, 0.05) is 19.3 Å². The monoisotopic (exact) mass is 1080 g/mol. The van der Waals surface area contributed by atoms with Crippen LogP contribution in [-0.4, -0.2) is 37.2 Å². The van der Waals surface area contributed by atoms with Crippen molar-refractivity contribution in [1.82, 2.24) is 0 Å². The van der Waals surface area contributed by atoms with E-state index in [4.69, 9.17) is 14.2 Å². The van der Waals surface area contributed by atoms with Gasteiger partial charge in [-0.3, -0.25) is 14.4 Å². The van der Waals surface area contributed by atoms with Gasteiger partial charge in [0.05, 0.1) is 0 Å². The molecule has 0 amide bonds. The molecule has 0 saturated heterocycles. The smallest absolute Gasteiger partial charge is 0.306 e. The van der Waals surface area contributed by atoms with E-state index >= 15 is 0 Å². The standard InChI is InChI=1S/C72H122O6/c1-4-7-10-13-16-19-22-24-26-28-30-32-34-36-38-40-42-44-46-48-50-53-56-59-62-65-71(74)77-68-69(67-76-70(73)64-61-58-55-52-21-18-15-12-9-6-3)78-72(75)66-63-60-57-54-51-49-47-45-43-41-39-37-35-33-31-29-27-25-23-20-17-14-11-8-5-2/h7,10,16,19,23-26,29-32,35-38,42,44,69H,4-6,8-9,11-15,17-18,20-22,27-28,33-34,39-41,43,45-68H2,1-3H3/b10-7-,19-16-,25-23-,26-24-,31-29-,32-30-,37-35-,38-36-,44-42-. The summed E-state index contributed by atoms with van der Waals surface area (Å²) in [7, 11) is 0. The van der Waals surface area contributed by atoms with Crippen LogP contribution in [0.25, 0.3) is 0 Å². The Hall–Kier alpha value is -3.93. The number of carbonyl (C=O) groups is 3. The highest BCUT2D eigenvalue weighted by molar-refractivity contribution is 5.71. The molecule has 0 aromatic rings. The van der Waals surface area contributed by atoms with Gasteiger partial charge in [0.2, 0.25) is 0 Å². The molecule has 0 spiro atoms. The Morgan fingerprint density at radius 3 is 0.782 bits per heavy atom. The Balaban J connectivity index is 4.30. The van der Waals surface area contributed by atoms with E-state index in [0.717, 1.165) is 122 Å². The van der Waals surface area contributed by atoms with E-state index in [1.54, 1.807) is 0 Å². The number of esters is 3. The lowest BCUT2D eigenvalue weighted by atomic mass is 10.0. The number of unbranched alkanes of at least 4 members (excludes halogenated alkanes) is 30. The second-order valence-corrected chi connectivity index (χ2v) is 21.6. The number of ether oxygens (including phenoxy) is 3. The highest BCUT2D eigenvalue weighted by Gasteiger charge is 2.19. The third-order valence-corrected chi connectivity index (χ3v) is 14.0. The maximum absolute atomic E-state index is 12.9. The first-order valence-electron chi connectivity index (χ1n) is 32.9. The molecule has 6 nitrogen and oxygen atoms in total. The molecule has 1 unspecified atom stereocenters. The van der Waals surface area contributed by atoms with Crippen LogP contribution in [0.3, 0.4) is 0 Å². The van der Waals surface area contributed by atoms with Crippen molar-refractivity contribution >= 4 is 17.9 Å². The molecule has 0 saturated carbocycles.